The number of pyridine rings is 1. The summed E-state index contributed by atoms with van der Waals surface area (Å²) < 4.78 is 0.510. The fourth-order valence-electron chi connectivity index (χ4n) is 1.30. The molecule has 0 aliphatic carbocycles. The molecule has 0 aliphatic rings. The van der Waals surface area contributed by atoms with Crippen LogP contribution in [-0.4, -0.2) is 27.5 Å². The number of nitrogens with zero attached hydrogens (tertiary/aromatic N) is 2. The number of halogens is 1. The minimum atomic E-state index is -0.910. The zero-order valence-electron chi connectivity index (χ0n) is 10.5. The number of rotatable bonds is 6. The molecule has 0 saturated carbocycles. The number of carboxylic acid groups (broad SMARTS) is 1. The SMILES string of the molecule is CC(C)(CCNc1ncc(Br)cc1[N+](=O)[O-])C(=O)O. The number of carbonyl (C=O) groups is 1. The van der Waals surface area contributed by atoms with Gasteiger partial charge in [-0.3, -0.25) is 14.9 Å². The summed E-state index contributed by atoms with van der Waals surface area (Å²) in [6.07, 6.45) is 1.77. The van der Waals surface area contributed by atoms with Gasteiger partial charge in [0.2, 0.25) is 5.82 Å². The molecule has 0 fully saturated rings. The molecule has 0 aromatic carbocycles. The van der Waals surface area contributed by atoms with Crippen LogP contribution < -0.4 is 5.32 Å². The zero-order valence-corrected chi connectivity index (χ0v) is 12.1. The van der Waals surface area contributed by atoms with Crippen LogP contribution in [0.1, 0.15) is 20.3 Å². The van der Waals surface area contributed by atoms with Crippen LogP contribution in [0.25, 0.3) is 0 Å². The molecule has 1 aromatic rings. The topological polar surface area (TPSA) is 105 Å². The fourth-order valence-corrected chi connectivity index (χ4v) is 1.62. The molecule has 1 rings (SSSR count). The highest BCUT2D eigenvalue weighted by atomic mass is 79.9. The van der Waals surface area contributed by atoms with Crippen LogP contribution in [0, 0.1) is 15.5 Å². The van der Waals surface area contributed by atoms with Gasteiger partial charge in [-0.15, -0.1) is 0 Å². The molecule has 1 aromatic heterocycles. The van der Waals surface area contributed by atoms with E-state index < -0.39 is 16.3 Å². The van der Waals surface area contributed by atoms with Crippen LogP contribution in [0.15, 0.2) is 16.7 Å². The van der Waals surface area contributed by atoms with Crippen LogP contribution in [0.2, 0.25) is 0 Å². The summed E-state index contributed by atoms with van der Waals surface area (Å²) in [7, 11) is 0. The molecule has 0 aliphatic heterocycles. The summed E-state index contributed by atoms with van der Waals surface area (Å²) in [5.41, 5.74) is -1.04. The van der Waals surface area contributed by atoms with Crippen LogP contribution >= 0.6 is 15.9 Å². The lowest BCUT2D eigenvalue weighted by atomic mass is 9.90. The quantitative estimate of drug-likeness (QED) is 0.613. The lowest BCUT2D eigenvalue weighted by Gasteiger charge is -2.19. The van der Waals surface area contributed by atoms with Crippen LogP contribution in [0.3, 0.4) is 0 Å². The Morgan fingerprint density at radius 3 is 2.79 bits per heavy atom. The molecule has 0 radical (unpaired) electrons. The molecule has 0 bridgehead atoms. The van der Waals surface area contributed by atoms with Gasteiger partial charge in [-0.25, -0.2) is 4.98 Å². The molecule has 0 unspecified atom stereocenters. The highest BCUT2D eigenvalue weighted by molar-refractivity contribution is 9.10. The van der Waals surface area contributed by atoms with E-state index >= 15 is 0 Å². The Hall–Kier alpha value is -1.70. The first-order chi connectivity index (χ1) is 8.74. The Labute approximate surface area is 118 Å². The number of nitrogens with one attached hydrogen (secondary N) is 1. The van der Waals surface area contributed by atoms with Crippen molar-refractivity contribution in [3.05, 3.63) is 26.9 Å². The van der Waals surface area contributed by atoms with Gasteiger partial charge in [0.05, 0.1) is 10.3 Å². The van der Waals surface area contributed by atoms with Gasteiger partial charge in [0, 0.05) is 23.3 Å². The van der Waals surface area contributed by atoms with Crippen molar-refractivity contribution in [2.24, 2.45) is 5.41 Å². The van der Waals surface area contributed by atoms with Crippen LogP contribution in [0.5, 0.6) is 0 Å². The summed E-state index contributed by atoms with van der Waals surface area (Å²) in [5, 5.41) is 22.6. The van der Waals surface area contributed by atoms with Gasteiger partial charge in [-0.2, -0.15) is 0 Å². The zero-order chi connectivity index (χ0) is 14.6. The summed E-state index contributed by atoms with van der Waals surface area (Å²) >= 11 is 3.11. The van der Waals surface area contributed by atoms with Crippen molar-refractivity contribution in [3.8, 4) is 0 Å². The minimum absolute atomic E-state index is 0.134. The van der Waals surface area contributed by atoms with Crippen molar-refractivity contribution in [2.45, 2.75) is 20.3 Å². The average molecular weight is 332 g/mol. The first-order valence-electron chi connectivity index (χ1n) is 5.51. The molecular weight excluding hydrogens is 318 g/mol. The van der Waals surface area contributed by atoms with Gasteiger partial charge in [0.15, 0.2) is 0 Å². The standard InChI is InChI=1S/C11H14BrN3O4/c1-11(2,10(16)17)3-4-13-9-8(15(18)19)5-7(12)6-14-9/h5-6H,3-4H2,1-2H3,(H,13,14)(H,16,17). The van der Waals surface area contributed by atoms with E-state index in [0.717, 1.165) is 0 Å². The molecular formula is C11H14BrN3O4. The van der Waals surface area contributed by atoms with Gasteiger partial charge in [0.1, 0.15) is 0 Å². The van der Waals surface area contributed by atoms with Gasteiger partial charge in [-0.05, 0) is 36.2 Å². The number of carboxylic acids is 1. The predicted octanol–water partition coefficient (Wildman–Crippen LogP) is 2.67. The number of aromatic nitrogens is 1. The second-order valence-electron chi connectivity index (χ2n) is 4.64. The third-order valence-electron chi connectivity index (χ3n) is 2.65. The molecule has 8 heteroatoms. The van der Waals surface area contributed by atoms with E-state index in [4.69, 9.17) is 5.11 Å². The van der Waals surface area contributed by atoms with Gasteiger partial charge in [0.25, 0.3) is 0 Å². The number of hydrogen-bond donors (Lipinski definition) is 2. The molecule has 19 heavy (non-hydrogen) atoms. The molecule has 0 amide bonds. The second kappa shape index (κ2) is 5.96. The smallest absolute Gasteiger partial charge is 0.312 e. The first-order valence-corrected chi connectivity index (χ1v) is 6.30. The number of anilines is 1. The van der Waals surface area contributed by atoms with E-state index in [1.54, 1.807) is 13.8 Å². The van der Waals surface area contributed by atoms with Gasteiger partial charge < -0.3 is 10.4 Å². The van der Waals surface area contributed by atoms with Crippen molar-refractivity contribution in [2.75, 3.05) is 11.9 Å². The van der Waals surface area contributed by atoms with Gasteiger partial charge in [-0.1, -0.05) is 0 Å². The second-order valence-corrected chi connectivity index (χ2v) is 5.56. The normalized spacial score (nSPS) is 11.1. The Balaban J connectivity index is 2.74. The lowest BCUT2D eigenvalue weighted by Crippen LogP contribution is -2.26. The van der Waals surface area contributed by atoms with E-state index in [1.807, 2.05) is 0 Å². The summed E-state index contributed by atoms with van der Waals surface area (Å²) in [5.74, 6) is -0.776. The molecule has 0 spiro atoms. The summed E-state index contributed by atoms with van der Waals surface area (Å²) in [6, 6.07) is 1.34. The third-order valence-corrected chi connectivity index (χ3v) is 3.09. The Kier molecular flexibility index (Phi) is 4.82. The first kappa shape index (κ1) is 15.4. The molecule has 7 nitrogen and oxygen atoms in total. The summed E-state index contributed by atoms with van der Waals surface area (Å²) in [4.78, 5) is 25.2. The van der Waals surface area contributed by atoms with Gasteiger partial charge >= 0.3 is 11.7 Å². The molecule has 0 atom stereocenters. The molecule has 0 saturated heterocycles. The third kappa shape index (κ3) is 4.16. The van der Waals surface area contributed by atoms with Crippen molar-refractivity contribution in [1.29, 1.82) is 0 Å². The van der Waals surface area contributed by atoms with E-state index in [0.29, 0.717) is 10.9 Å². The van der Waals surface area contributed by atoms with Crippen molar-refractivity contribution in [3.63, 3.8) is 0 Å². The van der Waals surface area contributed by atoms with E-state index in [1.165, 1.54) is 12.3 Å². The minimum Gasteiger partial charge on any atom is -0.481 e. The van der Waals surface area contributed by atoms with Crippen LogP contribution in [-0.2, 0) is 4.79 Å². The number of aliphatic carboxylic acids is 1. The van der Waals surface area contributed by atoms with Crippen molar-refractivity contribution < 1.29 is 14.8 Å². The van der Waals surface area contributed by atoms with Crippen LogP contribution in [0.4, 0.5) is 11.5 Å². The fraction of sp³-hybridized carbons (Fsp3) is 0.455. The Morgan fingerprint density at radius 2 is 2.26 bits per heavy atom. The summed E-state index contributed by atoms with van der Waals surface area (Å²) in [6.45, 7) is 3.48. The molecule has 1 heterocycles. The Bertz CT molecular complexity index is 505. The largest absolute Gasteiger partial charge is 0.481 e. The maximum atomic E-state index is 10.9. The monoisotopic (exact) mass is 331 g/mol. The maximum absolute atomic E-state index is 10.9. The number of nitro groups is 1. The average Bonchev–Trinajstić information content (AvgIpc) is 2.30. The Morgan fingerprint density at radius 1 is 1.63 bits per heavy atom. The maximum Gasteiger partial charge on any atom is 0.312 e. The van der Waals surface area contributed by atoms with Crippen molar-refractivity contribution >= 4 is 33.4 Å². The highest BCUT2D eigenvalue weighted by Crippen LogP contribution is 2.26. The number of hydrogen-bond acceptors (Lipinski definition) is 5. The van der Waals surface area contributed by atoms with E-state index in [2.05, 4.69) is 26.2 Å². The van der Waals surface area contributed by atoms with E-state index in [-0.39, 0.29) is 18.1 Å². The lowest BCUT2D eigenvalue weighted by molar-refractivity contribution is -0.384. The highest BCUT2D eigenvalue weighted by Gasteiger charge is 2.26. The molecule has 104 valence electrons. The predicted molar refractivity (Wildman–Crippen MR) is 73.1 cm³/mol. The van der Waals surface area contributed by atoms with E-state index in [9.17, 15) is 14.9 Å². The molecule has 2 N–H and O–H groups in total. The van der Waals surface area contributed by atoms with Crippen molar-refractivity contribution in [1.82, 2.24) is 4.98 Å².